The normalized spacial score (nSPS) is 29.0. The average molecular weight is 1200 g/mol. The first-order valence-corrected chi connectivity index (χ1v) is 29.4. The molecule has 0 aromatic rings. The number of unbranched alkanes of at least 4 members (excludes halogenated alkanes) is 1. The zero-order valence-electron chi connectivity index (χ0n) is 49.2. The van der Waals surface area contributed by atoms with Crippen molar-refractivity contribution in [3.05, 3.63) is 0 Å². The Morgan fingerprint density at radius 3 is 1.19 bits per heavy atom. The van der Waals surface area contributed by atoms with Crippen molar-refractivity contribution in [2.24, 2.45) is 17.8 Å². The molecular weight excluding hydrogens is 1100 g/mol. The fourth-order valence-corrected chi connectivity index (χ4v) is 9.18. The molecule has 13 N–H and O–H groups in total. The van der Waals surface area contributed by atoms with Crippen LogP contribution < -0.4 is 21.3 Å². The molecule has 3 fully saturated rings. The summed E-state index contributed by atoms with van der Waals surface area (Å²) in [6, 6.07) is 0. The number of hydrogen-bond acceptors (Lipinski definition) is 24. The number of ketones is 1. The number of amides is 4. The highest BCUT2D eigenvalue weighted by Gasteiger charge is 2.45. The summed E-state index contributed by atoms with van der Waals surface area (Å²) >= 11 is 0. The quantitative estimate of drug-likeness (QED) is 0.0274. The second-order valence-electron chi connectivity index (χ2n) is 21.9. The van der Waals surface area contributed by atoms with E-state index in [1.807, 2.05) is 13.8 Å². The largest absolute Gasteiger partial charge is 0.394 e. The van der Waals surface area contributed by atoms with Crippen LogP contribution in [0.5, 0.6) is 0 Å². The lowest BCUT2D eigenvalue weighted by Crippen LogP contribution is -2.58. The smallest absolute Gasteiger partial charge is 0.222 e. The molecule has 83 heavy (non-hydrogen) atoms. The van der Waals surface area contributed by atoms with Gasteiger partial charge in [-0.15, -0.1) is 0 Å². The van der Waals surface area contributed by atoms with E-state index >= 15 is 0 Å². The molecule has 0 spiro atoms. The number of hydrogen-bond donors (Lipinski definition) is 13. The molecule has 4 amide bonds. The minimum Gasteiger partial charge on any atom is -0.394 e. The van der Waals surface area contributed by atoms with Crippen molar-refractivity contribution in [2.45, 2.75) is 197 Å². The van der Waals surface area contributed by atoms with Crippen LogP contribution in [0, 0.1) is 17.8 Å². The third-order valence-electron chi connectivity index (χ3n) is 14.5. The average Bonchev–Trinajstić information content (AvgIpc) is 3.67. The van der Waals surface area contributed by atoms with Gasteiger partial charge in [0.05, 0.1) is 97.1 Å². The second-order valence-corrected chi connectivity index (χ2v) is 21.9. The Labute approximate surface area is 487 Å². The van der Waals surface area contributed by atoms with Gasteiger partial charge in [-0.3, -0.25) is 24.0 Å². The number of nitrogens with one attached hydrogen (secondary N) is 4. The maximum atomic E-state index is 13.7. The molecule has 0 bridgehead atoms. The van der Waals surface area contributed by atoms with E-state index in [-0.39, 0.29) is 147 Å². The van der Waals surface area contributed by atoms with E-state index in [4.69, 9.17) is 47.4 Å². The van der Waals surface area contributed by atoms with Gasteiger partial charge >= 0.3 is 0 Å². The van der Waals surface area contributed by atoms with E-state index in [0.717, 1.165) is 0 Å². The van der Waals surface area contributed by atoms with Crippen LogP contribution in [0.25, 0.3) is 0 Å². The molecule has 3 rings (SSSR count). The molecule has 3 heterocycles. The van der Waals surface area contributed by atoms with Crippen molar-refractivity contribution in [1.82, 2.24) is 21.3 Å². The van der Waals surface area contributed by atoms with Gasteiger partial charge in [0, 0.05) is 89.1 Å². The first-order chi connectivity index (χ1) is 39.7. The Kier molecular flexibility index (Phi) is 36.6. The minimum atomic E-state index is -1.43. The van der Waals surface area contributed by atoms with Gasteiger partial charge in [-0.1, -0.05) is 20.8 Å². The molecule has 0 radical (unpaired) electrons. The van der Waals surface area contributed by atoms with Crippen molar-refractivity contribution in [3.8, 4) is 0 Å². The van der Waals surface area contributed by atoms with Gasteiger partial charge in [-0.2, -0.15) is 0 Å². The van der Waals surface area contributed by atoms with E-state index in [1.54, 1.807) is 20.8 Å². The molecule has 484 valence electrons. The van der Waals surface area contributed by atoms with Gasteiger partial charge in [0.2, 0.25) is 23.6 Å². The Morgan fingerprint density at radius 1 is 0.434 bits per heavy atom. The van der Waals surface area contributed by atoms with Gasteiger partial charge in [-0.05, 0) is 52.4 Å². The predicted molar refractivity (Wildman–Crippen MR) is 292 cm³/mol. The number of aliphatic hydroxyl groups is 9. The van der Waals surface area contributed by atoms with E-state index < -0.39 is 123 Å². The number of Topliss-reactive ketones (excluding diaryl/α,β-unsaturated/α-hetero) is 1. The molecule has 6 unspecified atom stereocenters. The van der Waals surface area contributed by atoms with Crippen LogP contribution in [0.2, 0.25) is 0 Å². The van der Waals surface area contributed by atoms with E-state index in [9.17, 15) is 69.9 Å². The lowest BCUT2D eigenvalue weighted by Gasteiger charge is -2.40. The fourth-order valence-electron chi connectivity index (χ4n) is 9.18. The van der Waals surface area contributed by atoms with Gasteiger partial charge in [0.25, 0.3) is 0 Å². The SMILES string of the molecule is CC(C)OCCCNC(=O)CCCC(=O)NC(COCCC(=O)CCCCO[C@@H]1OC(CO)[C@H](O)C(O)[C@@H]1C)(COCCC(=O)NCCCO[C@@H]1OC(CO)[C@H](O)C(O)[C@@H]1C)COCCC(=O)NCCCO[C@@H]1OC(CO)[C@H](O)C(O)[C@@H]1C. The first-order valence-electron chi connectivity index (χ1n) is 29.4. The van der Waals surface area contributed by atoms with Crippen molar-refractivity contribution < 1.29 is 117 Å². The molecule has 3 aliphatic rings. The fraction of sp³-hybridized carbons (Fsp3) is 0.909. The molecule has 28 heteroatoms. The van der Waals surface area contributed by atoms with Gasteiger partial charge in [0.15, 0.2) is 18.9 Å². The molecule has 0 aromatic heterocycles. The van der Waals surface area contributed by atoms with Crippen LogP contribution >= 0.6 is 0 Å². The molecular formula is C55H100N4O24. The highest BCUT2D eigenvalue weighted by Crippen LogP contribution is 2.29. The zero-order valence-corrected chi connectivity index (χ0v) is 49.2. The summed E-state index contributed by atoms with van der Waals surface area (Å²) in [5.41, 5.74) is -1.43. The molecule has 28 nitrogen and oxygen atoms in total. The third kappa shape index (κ3) is 27.6. The third-order valence-corrected chi connectivity index (χ3v) is 14.5. The van der Waals surface area contributed by atoms with Crippen molar-refractivity contribution >= 4 is 29.4 Å². The Bertz CT molecular complexity index is 1660. The van der Waals surface area contributed by atoms with Crippen LogP contribution in [0.1, 0.15) is 112 Å². The monoisotopic (exact) mass is 1200 g/mol. The van der Waals surface area contributed by atoms with Crippen LogP contribution in [-0.4, -0.2) is 266 Å². The first kappa shape index (κ1) is 74.0. The molecule has 3 aliphatic heterocycles. The maximum Gasteiger partial charge on any atom is 0.222 e. The second kappa shape index (κ2) is 41.0. The van der Waals surface area contributed by atoms with Crippen molar-refractivity contribution in [3.63, 3.8) is 0 Å². The number of ether oxygens (including phenoxy) is 10. The molecule has 0 aliphatic carbocycles. The minimum absolute atomic E-state index is 0.00862. The summed E-state index contributed by atoms with van der Waals surface area (Å²) in [7, 11) is 0. The van der Waals surface area contributed by atoms with Crippen LogP contribution in [0.15, 0.2) is 0 Å². The Balaban J connectivity index is 1.60. The lowest BCUT2D eigenvalue weighted by atomic mass is 9.92. The Hall–Kier alpha value is -3.21. The highest BCUT2D eigenvalue weighted by molar-refractivity contribution is 5.80. The maximum absolute atomic E-state index is 13.7. The molecule has 0 saturated carbocycles. The standard InChI is InChI=1S/C55H100N4O24/c1-34(2)77-22-9-18-56-42(64)13-8-14-45(67)59-55(31-74-25-15-38(63)12-6-7-21-78-52-35(3)46(68)49(71)39(28-60)81-52,32-75-26-16-43(65)57-19-10-23-79-53-36(4)47(69)50(72)40(29-61)82-53)33-76-27-17-44(66)58-20-11-24-80-54-37(5)48(70)51(73)41(30-62)83-54/h34-37,39-41,46-54,60-62,68-73H,6-33H2,1-5H3,(H,56,64)(H,57,65)(H,58,66)(H,59,67)/t35-,36-,37-,39?,40?,41?,46?,47?,48?,49-,50-,51-,52+,53+,54+,55?/m0/s1. The molecule has 15 atom stereocenters. The topological polar surface area (TPSA) is 408 Å². The molecule has 0 aromatic carbocycles. The van der Waals surface area contributed by atoms with Gasteiger partial charge in [0.1, 0.15) is 47.9 Å². The van der Waals surface area contributed by atoms with Crippen LogP contribution in [0.4, 0.5) is 0 Å². The van der Waals surface area contributed by atoms with E-state index in [0.29, 0.717) is 45.3 Å². The Morgan fingerprint density at radius 2 is 0.795 bits per heavy atom. The number of carbonyl (C=O) groups excluding carboxylic acids is 5. The number of carbonyl (C=O) groups is 5. The van der Waals surface area contributed by atoms with E-state index in [1.165, 1.54) is 0 Å². The number of rotatable bonds is 44. The summed E-state index contributed by atoms with van der Waals surface area (Å²) in [6.45, 7) is 8.03. The zero-order chi connectivity index (χ0) is 61.3. The molecule has 3 saturated heterocycles. The summed E-state index contributed by atoms with van der Waals surface area (Å²) in [4.78, 5) is 65.2. The van der Waals surface area contributed by atoms with E-state index in [2.05, 4.69) is 21.3 Å². The summed E-state index contributed by atoms with van der Waals surface area (Å²) < 4.78 is 57.6. The summed E-state index contributed by atoms with van der Waals surface area (Å²) in [5.74, 6) is -3.27. The predicted octanol–water partition coefficient (Wildman–Crippen LogP) is -2.81. The summed E-state index contributed by atoms with van der Waals surface area (Å²) in [6.07, 6.45) is -10.4. The summed E-state index contributed by atoms with van der Waals surface area (Å²) in [5, 5.41) is 101. The van der Waals surface area contributed by atoms with Crippen LogP contribution in [0.3, 0.4) is 0 Å². The van der Waals surface area contributed by atoms with Crippen LogP contribution in [-0.2, 0) is 71.3 Å². The van der Waals surface area contributed by atoms with Gasteiger partial charge < -0.3 is 115 Å². The van der Waals surface area contributed by atoms with Crippen molar-refractivity contribution in [1.29, 1.82) is 0 Å². The number of aliphatic hydroxyl groups excluding tert-OH is 9. The van der Waals surface area contributed by atoms with Gasteiger partial charge in [-0.25, -0.2) is 0 Å². The van der Waals surface area contributed by atoms with Crippen molar-refractivity contribution in [2.75, 3.05) is 106 Å². The lowest BCUT2D eigenvalue weighted by molar-refractivity contribution is -0.282. The highest BCUT2D eigenvalue weighted by atomic mass is 16.7.